The first-order chi connectivity index (χ1) is 14.2. The van der Waals surface area contributed by atoms with Crippen molar-refractivity contribution in [3.8, 4) is 0 Å². The molecule has 0 spiro atoms. The van der Waals surface area contributed by atoms with Crippen molar-refractivity contribution in [2.45, 2.75) is 18.1 Å². The standard InChI is InChI=1S/C26H31N3/c1-28-19-24(21-12-6-3-7-13-21)27-18-25(22-14-8-4-9-15-22)29(2)20-26(28)23-16-10-5-11-17-23/h3-17,24-27H,18-20H2,1-2H3. The van der Waals surface area contributed by atoms with Crippen LogP contribution in [0.3, 0.4) is 0 Å². The molecular formula is C26H31N3. The topological polar surface area (TPSA) is 18.5 Å². The minimum absolute atomic E-state index is 0.296. The zero-order valence-corrected chi connectivity index (χ0v) is 17.4. The Bertz CT molecular complexity index is 866. The van der Waals surface area contributed by atoms with Gasteiger partial charge in [0.2, 0.25) is 0 Å². The highest BCUT2D eigenvalue weighted by Gasteiger charge is 2.28. The average Bonchev–Trinajstić information content (AvgIpc) is 2.84. The van der Waals surface area contributed by atoms with Crippen LogP contribution in [-0.4, -0.2) is 43.5 Å². The van der Waals surface area contributed by atoms with Crippen molar-refractivity contribution in [3.05, 3.63) is 108 Å². The Labute approximate surface area is 175 Å². The molecule has 150 valence electrons. The van der Waals surface area contributed by atoms with Crippen LogP contribution in [0, 0.1) is 0 Å². The summed E-state index contributed by atoms with van der Waals surface area (Å²) in [6, 6.07) is 33.6. The van der Waals surface area contributed by atoms with Crippen molar-refractivity contribution in [2.24, 2.45) is 0 Å². The van der Waals surface area contributed by atoms with Gasteiger partial charge in [-0.3, -0.25) is 9.80 Å². The first-order valence-corrected chi connectivity index (χ1v) is 10.5. The quantitative estimate of drug-likeness (QED) is 0.706. The molecule has 3 aromatic carbocycles. The number of hydrogen-bond acceptors (Lipinski definition) is 3. The maximum atomic E-state index is 3.88. The number of likely N-dealkylation sites (N-methyl/N-ethyl adjacent to an activating group) is 2. The summed E-state index contributed by atoms with van der Waals surface area (Å²) in [5, 5.41) is 3.88. The Morgan fingerprint density at radius 1 is 0.586 bits per heavy atom. The Kier molecular flexibility index (Phi) is 6.40. The summed E-state index contributed by atoms with van der Waals surface area (Å²) in [6.07, 6.45) is 0. The van der Waals surface area contributed by atoms with Gasteiger partial charge >= 0.3 is 0 Å². The van der Waals surface area contributed by atoms with E-state index in [1.165, 1.54) is 16.7 Å². The fourth-order valence-corrected chi connectivity index (χ4v) is 4.42. The van der Waals surface area contributed by atoms with Gasteiger partial charge in [-0.25, -0.2) is 0 Å². The molecule has 29 heavy (non-hydrogen) atoms. The van der Waals surface area contributed by atoms with Gasteiger partial charge in [-0.2, -0.15) is 0 Å². The normalized spacial score (nSPS) is 24.4. The highest BCUT2D eigenvalue weighted by molar-refractivity contribution is 5.24. The summed E-state index contributed by atoms with van der Waals surface area (Å²) in [7, 11) is 4.51. The van der Waals surface area contributed by atoms with Crippen LogP contribution in [0.25, 0.3) is 0 Å². The third-order valence-corrected chi connectivity index (χ3v) is 6.12. The van der Waals surface area contributed by atoms with E-state index < -0.39 is 0 Å². The molecule has 0 bridgehead atoms. The number of hydrogen-bond donors (Lipinski definition) is 1. The van der Waals surface area contributed by atoms with E-state index in [0.717, 1.165) is 19.6 Å². The molecule has 0 aliphatic carbocycles. The monoisotopic (exact) mass is 385 g/mol. The van der Waals surface area contributed by atoms with E-state index in [0.29, 0.717) is 18.1 Å². The summed E-state index contributed by atoms with van der Waals surface area (Å²) in [6.45, 7) is 2.89. The van der Waals surface area contributed by atoms with Gasteiger partial charge in [0, 0.05) is 37.8 Å². The van der Waals surface area contributed by atoms with Gasteiger partial charge in [0.25, 0.3) is 0 Å². The zero-order chi connectivity index (χ0) is 20.1. The van der Waals surface area contributed by atoms with Crippen molar-refractivity contribution in [3.63, 3.8) is 0 Å². The third kappa shape index (κ3) is 4.76. The Hall–Kier alpha value is -2.46. The average molecular weight is 386 g/mol. The number of rotatable bonds is 3. The van der Waals surface area contributed by atoms with Crippen LogP contribution < -0.4 is 5.32 Å². The molecule has 3 nitrogen and oxygen atoms in total. The van der Waals surface area contributed by atoms with Crippen LogP contribution in [0.5, 0.6) is 0 Å². The molecule has 3 atom stereocenters. The Morgan fingerprint density at radius 3 is 1.59 bits per heavy atom. The van der Waals surface area contributed by atoms with E-state index in [4.69, 9.17) is 0 Å². The summed E-state index contributed by atoms with van der Waals surface area (Å²) < 4.78 is 0. The second kappa shape index (κ2) is 9.36. The molecule has 1 aliphatic rings. The van der Waals surface area contributed by atoms with Crippen LogP contribution >= 0.6 is 0 Å². The molecule has 1 aliphatic heterocycles. The largest absolute Gasteiger partial charge is 0.307 e. The molecular weight excluding hydrogens is 354 g/mol. The minimum Gasteiger partial charge on any atom is -0.307 e. The summed E-state index contributed by atoms with van der Waals surface area (Å²) in [5.74, 6) is 0. The van der Waals surface area contributed by atoms with Crippen molar-refractivity contribution in [2.75, 3.05) is 33.7 Å². The van der Waals surface area contributed by atoms with E-state index in [9.17, 15) is 0 Å². The lowest BCUT2D eigenvalue weighted by atomic mass is 10.0. The number of benzene rings is 3. The summed E-state index contributed by atoms with van der Waals surface area (Å²) >= 11 is 0. The smallest absolute Gasteiger partial charge is 0.0473 e. The van der Waals surface area contributed by atoms with E-state index in [-0.39, 0.29) is 0 Å². The molecule has 4 rings (SSSR count). The second-order valence-electron chi connectivity index (χ2n) is 8.10. The van der Waals surface area contributed by atoms with Gasteiger partial charge in [0.05, 0.1) is 0 Å². The zero-order valence-electron chi connectivity index (χ0n) is 17.4. The fraction of sp³-hybridized carbons (Fsp3) is 0.308. The van der Waals surface area contributed by atoms with Gasteiger partial charge in [0.15, 0.2) is 0 Å². The first kappa shape index (κ1) is 19.8. The number of nitrogens with zero attached hydrogens (tertiary/aromatic N) is 2. The summed E-state index contributed by atoms with van der Waals surface area (Å²) in [4.78, 5) is 5.01. The van der Waals surface area contributed by atoms with Crippen LogP contribution in [-0.2, 0) is 0 Å². The van der Waals surface area contributed by atoms with Crippen molar-refractivity contribution in [1.82, 2.24) is 15.1 Å². The van der Waals surface area contributed by atoms with Gasteiger partial charge in [-0.05, 0) is 30.8 Å². The van der Waals surface area contributed by atoms with Gasteiger partial charge in [-0.1, -0.05) is 91.0 Å². The molecule has 0 amide bonds. The lowest BCUT2D eigenvalue weighted by Crippen LogP contribution is -2.36. The fourth-order valence-electron chi connectivity index (χ4n) is 4.42. The number of nitrogens with one attached hydrogen (secondary N) is 1. The SMILES string of the molecule is CN1CC(c2ccccc2)NCC(c2ccccc2)N(C)CC1c1ccccc1. The second-order valence-corrected chi connectivity index (χ2v) is 8.10. The molecule has 0 saturated carbocycles. The van der Waals surface area contributed by atoms with E-state index in [2.05, 4.69) is 120 Å². The molecule has 1 N–H and O–H groups in total. The first-order valence-electron chi connectivity index (χ1n) is 10.5. The Balaban J connectivity index is 1.69. The van der Waals surface area contributed by atoms with E-state index >= 15 is 0 Å². The molecule has 0 radical (unpaired) electrons. The highest BCUT2D eigenvalue weighted by atomic mass is 15.2. The molecule has 3 heteroatoms. The van der Waals surface area contributed by atoms with E-state index in [1.54, 1.807) is 0 Å². The maximum absolute atomic E-state index is 3.88. The van der Waals surface area contributed by atoms with Crippen LogP contribution in [0.1, 0.15) is 34.8 Å². The highest BCUT2D eigenvalue weighted by Crippen LogP contribution is 2.29. The van der Waals surface area contributed by atoms with Gasteiger partial charge < -0.3 is 5.32 Å². The van der Waals surface area contributed by atoms with Crippen molar-refractivity contribution >= 4 is 0 Å². The molecule has 1 saturated heterocycles. The molecule has 3 unspecified atom stereocenters. The van der Waals surface area contributed by atoms with Crippen molar-refractivity contribution < 1.29 is 0 Å². The third-order valence-electron chi connectivity index (χ3n) is 6.12. The molecule has 1 heterocycles. The lowest BCUT2D eigenvalue weighted by Gasteiger charge is -2.34. The van der Waals surface area contributed by atoms with Crippen LogP contribution in [0.4, 0.5) is 0 Å². The van der Waals surface area contributed by atoms with Crippen molar-refractivity contribution in [1.29, 1.82) is 0 Å². The van der Waals surface area contributed by atoms with Crippen LogP contribution in [0.15, 0.2) is 91.0 Å². The lowest BCUT2D eigenvalue weighted by molar-refractivity contribution is 0.161. The van der Waals surface area contributed by atoms with Gasteiger partial charge in [0.1, 0.15) is 0 Å². The predicted molar refractivity (Wildman–Crippen MR) is 121 cm³/mol. The Morgan fingerprint density at radius 2 is 1.03 bits per heavy atom. The molecule has 3 aromatic rings. The molecule has 0 aromatic heterocycles. The maximum Gasteiger partial charge on any atom is 0.0473 e. The minimum atomic E-state index is 0.296. The van der Waals surface area contributed by atoms with Crippen LogP contribution in [0.2, 0.25) is 0 Å². The summed E-state index contributed by atoms with van der Waals surface area (Å²) in [5.41, 5.74) is 4.09. The molecule has 1 fully saturated rings. The van der Waals surface area contributed by atoms with E-state index in [1.807, 2.05) is 0 Å². The predicted octanol–water partition coefficient (Wildman–Crippen LogP) is 4.68. The van der Waals surface area contributed by atoms with Gasteiger partial charge in [-0.15, -0.1) is 0 Å².